The molecule has 0 unspecified atom stereocenters. The van der Waals surface area contributed by atoms with Crippen LogP contribution < -0.4 is 8.92 Å². The highest BCUT2D eigenvalue weighted by atomic mass is 35.7. The lowest BCUT2D eigenvalue weighted by atomic mass is 10.3. The van der Waals surface area contributed by atoms with Gasteiger partial charge < -0.3 is 8.92 Å². The molecule has 0 saturated carbocycles. The third-order valence-electron chi connectivity index (χ3n) is 1.66. The number of ether oxygens (including phenoxy) is 1. The quantitative estimate of drug-likeness (QED) is 0.608. The summed E-state index contributed by atoms with van der Waals surface area (Å²) in [6.07, 6.45) is 0.828. The van der Waals surface area contributed by atoms with E-state index in [9.17, 15) is 16.8 Å². The van der Waals surface area contributed by atoms with Crippen LogP contribution >= 0.6 is 10.7 Å². The summed E-state index contributed by atoms with van der Waals surface area (Å²) in [4.78, 5) is -0.279. The van der Waals surface area contributed by atoms with Crippen molar-refractivity contribution < 1.29 is 25.8 Å². The largest absolute Gasteiger partial charge is 0.493 e. The van der Waals surface area contributed by atoms with Gasteiger partial charge in [0.2, 0.25) is 0 Å². The summed E-state index contributed by atoms with van der Waals surface area (Å²) in [7, 11) is -1.34. The number of hydrogen-bond donors (Lipinski definition) is 0. The molecular formula is C8H9ClO6S2. The minimum atomic E-state index is -3.96. The first-order valence-electron chi connectivity index (χ1n) is 4.15. The molecule has 1 aromatic rings. The van der Waals surface area contributed by atoms with Crippen LogP contribution in [0.1, 0.15) is 0 Å². The fourth-order valence-electron chi connectivity index (χ4n) is 1.04. The number of hydrogen-bond acceptors (Lipinski definition) is 6. The van der Waals surface area contributed by atoms with E-state index in [1.54, 1.807) is 0 Å². The van der Waals surface area contributed by atoms with Gasteiger partial charge in [0.05, 0.1) is 18.3 Å². The van der Waals surface area contributed by atoms with Gasteiger partial charge in [-0.2, -0.15) is 8.42 Å². The molecule has 0 amide bonds. The highest BCUT2D eigenvalue weighted by molar-refractivity contribution is 8.13. The van der Waals surface area contributed by atoms with E-state index in [2.05, 4.69) is 4.18 Å². The Morgan fingerprint density at radius 3 is 2.12 bits per heavy atom. The Hall–Kier alpha value is -0.990. The summed E-state index contributed by atoms with van der Waals surface area (Å²) in [5.74, 6) is -0.156. The van der Waals surface area contributed by atoms with E-state index in [1.807, 2.05) is 0 Å². The Morgan fingerprint density at radius 1 is 1.12 bits per heavy atom. The standard InChI is InChI=1S/C8H9ClO6S2/c1-14-7-4-3-6(17(9,12)13)5-8(7)15-16(2,10)11/h3-5H,1-2H3. The average molecular weight is 301 g/mol. The van der Waals surface area contributed by atoms with Crippen LogP contribution in [0.2, 0.25) is 0 Å². The van der Waals surface area contributed by atoms with Crippen LogP contribution in [0.3, 0.4) is 0 Å². The second-order valence-electron chi connectivity index (χ2n) is 3.04. The molecule has 9 heteroatoms. The zero-order valence-corrected chi connectivity index (χ0v) is 11.3. The first kappa shape index (κ1) is 14.1. The number of rotatable bonds is 4. The molecule has 0 saturated heterocycles. The topological polar surface area (TPSA) is 86.7 Å². The third-order valence-corrected chi connectivity index (χ3v) is 3.49. The maximum Gasteiger partial charge on any atom is 0.306 e. The maximum absolute atomic E-state index is 11.1. The summed E-state index contributed by atoms with van der Waals surface area (Å²) in [5, 5.41) is 0. The second-order valence-corrected chi connectivity index (χ2v) is 7.18. The van der Waals surface area contributed by atoms with Gasteiger partial charge in [0, 0.05) is 16.7 Å². The predicted molar refractivity (Wildman–Crippen MR) is 61.5 cm³/mol. The van der Waals surface area contributed by atoms with Crippen LogP contribution in [0, 0.1) is 0 Å². The monoisotopic (exact) mass is 300 g/mol. The lowest BCUT2D eigenvalue weighted by Gasteiger charge is -2.09. The van der Waals surface area contributed by atoms with Crippen molar-refractivity contribution in [2.24, 2.45) is 0 Å². The Balaban J connectivity index is 3.35. The molecular weight excluding hydrogens is 292 g/mol. The number of methoxy groups -OCH3 is 1. The molecule has 96 valence electrons. The molecule has 1 rings (SSSR count). The third kappa shape index (κ3) is 4.06. The Bertz CT molecular complexity index is 619. The molecule has 0 spiro atoms. The fraction of sp³-hybridized carbons (Fsp3) is 0.250. The van der Waals surface area contributed by atoms with Crippen LogP contribution in [0.25, 0.3) is 0 Å². The van der Waals surface area contributed by atoms with Crippen molar-refractivity contribution in [3.63, 3.8) is 0 Å². The molecule has 17 heavy (non-hydrogen) atoms. The summed E-state index contributed by atoms with van der Waals surface area (Å²) in [6.45, 7) is 0. The summed E-state index contributed by atoms with van der Waals surface area (Å²) in [6, 6.07) is 3.40. The van der Waals surface area contributed by atoms with Gasteiger partial charge in [-0.3, -0.25) is 0 Å². The van der Waals surface area contributed by atoms with Gasteiger partial charge in [-0.25, -0.2) is 8.42 Å². The van der Waals surface area contributed by atoms with Crippen LogP contribution in [-0.4, -0.2) is 30.2 Å². The van der Waals surface area contributed by atoms with E-state index < -0.39 is 19.2 Å². The van der Waals surface area contributed by atoms with Gasteiger partial charge in [-0.1, -0.05) is 0 Å². The fourth-order valence-corrected chi connectivity index (χ4v) is 2.26. The number of halogens is 1. The van der Waals surface area contributed by atoms with Crippen molar-refractivity contribution in [1.29, 1.82) is 0 Å². The Labute approximate surface area is 104 Å². The highest BCUT2D eigenvalue weighted by Crippen LogP contribution is 2.31. The number of benzene rings is 1. The molecule has 1 aromatic carbocycles. The first-order chi connectivity index (χ1) is 7.63. The molecule has 0 N–H and O–H groups in total. The van der Waals surface area contributed by atoms with E-state index in [1.165, 1.54) is 19.2 Å². The minimum Gasteiger partial charge on any atom is -0.493 e. The Kier molecular flexibility index (Phi) is 3.90. The van der Waals surface area contributed by atoms with Crippen molar-refractivity contribution in [3.8, 4) is 11.5 Å². The van der Waals surface area contributed by atoms with Crippen LogP contribution in [0.4, 0.5) is 0 Å². The van der Waals surface area contributed by atoms with E-state index in [4.69, 9.17) is 15.4 Å². The summed E-state index contributed by atoms with van der Waals surface area (Å²) in [5.41, 5.74) is 0. The van der Waals surface area contributed by atoms with Crippen LogP contribution in [0.5, 0.6) is 11.5 Å². The van der Waals surface area contributed by atoms with Crippen molar-refractivity contribution in [2.75, 3.05) is 13.4 Å². The van der Waals surface area contributed by atoms with Crippen LogP contribution in [0.15, 0.2) is 23.1 Å². The SMILES string of the molecule is COc1ccc(S(=O)(=O)Cl)cc1OS(C)(=O)=O. The van der Waals surface area contributed by atoms with E-state index >= 15 is 0 Å². The van der Waals surface area contributed by atoms with Gasteiger partial charge >= 0.3 is 10.1 Å². The lowest BCUT2D eigenvalue weighted by molar-refractivity contribution is 0.390. The van der Waals surface area contributed by atoms with Gasteiger partial charge in [0.15, 0.2) is 11.5 Å². The van der Waals surface area contributed by atoms with Gasteiger partial charge in [0.1, 0.15) is 0 Å². The zero-order valence-electron chi connectivity index (χ0n) is 8.88. The van der Waals surface area contributed by atoms with Crippen molar-refractivity contribution in [2.45, 2.75) is 4.90 Å². The average Bonchev–Trinajstić information content (AvgIpc) is 2.13. The van der Waals surface area contributed by atoms with Crippen LogP contribution in [-0.2, 0) is 19.2 Å². The molecule has 0 aliphatic heterocycles. The first-order valence-corrected chi connectivity index (χ1v) is 8.28. The van der Waals surface area contributed by atoms with Crippen molar-refractivity contribution >= 4 is 29.9 Å². The Morgan fingerprint density at radius 2 is 1.71 bits per heavy atom. The highest BCUT2D eigenvalue weighted by Gasteiger charge is 2.17. The van der Waals surface area contributed by atoms with E-state index in [0.717, 1.165) is 12.3 Å². The predicted octanol–water partition coefficient (Wildman–Crippen LogP) is 0.961. The smallest absolute Gasteiger partial charge is 0.306 e. The molecule has 0 atom stereocenters. The summed E-state index contributed by atoms with van der Waals surface area (Å²) < 4.78 is 53.5. The molecule has 0 aromatic heterocycles. The molecule has 0 fully saturated rings. The second kappa shape index (κ2) is 4.71. The molecule has 0 radical (unpaired) electrons. The van der Waals surface area contributed by atoms with Gasteiger partial charge in [-0.05, 0) is 12.1 Å². The zero-order chi connectivity index (χ0) is 13.3. The van der Waals surface area contributed by atoms with Gasteiger partial charge in [-0.15, -0.1) is 0 Å². The molecule has 6 nitrogen and oxygen atoms in total. The lowest BCUT2D eigenvalue weighted by Crippen LogP contribution is -2.07. The van der Waals surface area contributed by atoms with E-state index in [-0.39, 0.29) is 16.4 Å². The minimum absolute atomic E-state index is 0.0829. The van der Waals surface area contributed by atoms with Crippen molar-refractivity contribution in [3.05, 3.63) is 18.2 Å². The maximum atomic E-state index is 11.1. The normalized spacial score (nSPS) is 12.2. The molecule has 0 aliphatic rings. The molecule has 0 heterocycles. The molecule has 0 bridgehead atoms. The van der Waals surface area contributed by atoms with Gasteiger partial charge in [0.25, 0.3) is 9.05 Å². The molecule has 0 aliphatic carbocycles. The van der Waals surface area contributed by atoms with Crippen molar-refractivity contribution in [1.82, 2.24) is 0 Å². The van der Waals surface area contributed by atoms with E-state index in [0.29, 0.717) is 0 Å². The summed E-state index contributed by atoms with van der Waals surface area (Å²) >= 11 is 0.